The molecule has 2 saturated heterocycles. The average Bonchev–Trinajstić information content (AvgIpc) is 3.43. The summed E-state index contributed by atoms with van der Waals surface area (Å²) in [6.45, 7) is 0. The molecule has 0 bridgehead atoms. The van der Waals surface area contributed by atoms with Crippen molar-refractivity contribution in [1.82, 2.24) is 9.97 Å². The van der Waals surface area contributed by atoms with Crippen LogP contribution in [0.2, 0.25) is 0 Å². The topological polar surface area (TPSA) is 83.5 Å². The van der Waals surface area contributed by atoms with Crippen LogP contribution >= 0.6 is 18.2 Å². The zero-order chi connectivity index (χ0) is 28.7. The third-order valence-electron chi connectivity index (χ3n) is 8.60. The van der Waals surface area contributed by atoms with Gasteiger partial charge in [0.15, 0.2) is 0 Å². The summed E-state index contributed by atoms with van der Waals surface area (Å²) in [6.07, 6.45) is 2.18. The molecule has 2 unspecified atom stereocenters. The van der Waals surface area contributed by atoms with E-state index < -0.39 is 66.8 Å². The van der Waals surface area contributed by atoms with Gasteiger partial charge >= 0.3 is 238 Å². The molecule has 1 aliphatic carbocycles. The number of amides is 3. The van der Waals surface area contributed by atoms with Crippen LogP contribution in [0.1, 0.15) is 37.3 Å². The first-order chi connectivity index (χ1) is 19.6. The van der Waals surface area contributed by atoms with E-state index in [1.54, 1.807) is 18.2 Å². The van der Waals surface area contributed by atoms with Gasteiger partial charge in [-0.05, 0) is 0 Å². The van der Waals surface area contributed by atoms with Crippen molar-refractivity contribution >= 4 is 52.0 Å². The van der Waals surface area contributed by atoms with Gasteiger partial charge in [0, 0.05) is 0 Å². The first-order valence-corrected chi connectivity index (χ1v) is 18.3. The Kier molecular flexibility index (Phi) is 5.78. The van der Waals surface area contributed by atoms with Crippen molar-refractivity contribution in [3.05, 3.63) is 82.1 Å². The fourth-order valence-electron chi connectivity index (χ4n) is 6.60. The molecule has 0 radical (unpaired) electrons. The van der Waals surface area contributed by atoms with Gasteiger partial charge in [0.2, 0.25) is 0 Å². The van der Waals surface area contributed by atoms with Gasteiger partial charge < -0.3 is 0 Å². The number of halogens is 4. The second-order valence-electron chi connectivity index (χ2n) is 10.9. The zero-order valence-electron chi connectivity index (χ0n) is 21.8. The number of carbonyl (C=O) groups is 3. The number of benzene rings is 2. The first kappa shape index (κ1) is 26.4. The van der Waals surface area contributed by atoms with Crippen LogP contribution in [0.15, 0.2) is 67.1 Å². The van der Waals surface area contributed by atoms with Crippen molar-refractivity contribution in [3.63, 3.8) is 0 Å². The average molecular weight is 676 g/mol. The van der Waals surface area contributed by atoms with E-state index in [1.807, 2.05) is 12.1 Å². The Morgan fingerprint density at radius 3 is 2.61 bits per heavy atom. The first-order valence-electron chi connectivity index (χ1n) is 13.2. The molecular formula is C29H26F3IN5O3+. The van der Waals surface area contributed by atoms with Crippen molar-refractivity contribution in [2.45, 2.75) is 49.7 Å². The predicted octanol–water partition coefficient (Wildman–Crippen LogP) is 4.57. The van der Waals surface area contributed by atoms with Crippen LogP contribution in [0, 0.1) is 9.39 Å². The fraction of sp³-hybridized carbons (Fsp3) is 0.310. The summed E-state index contributed by atoms with van der Waals surface area (Å²) in [7, 11) is 0. The molecule has 2 aromatic carbocycles. The third-order valence-corrected chi connectivity index (χ3v) is 18.1. The molecule has 1 aromatic heterocycles. The van der Waals surface area contributed by atoms with Crippen LogP contribution in [-0.2, 0) is 14.4 Å². The molecule has 212 valence electrons. The molecule has 0 spiro atoms. The Bertz CT molecular complexity index is 1660. The second-order valence-corrected chi connectivity index (χ2v) is 18.9. The second kappa shape index (κ2) is 8.99. The van der Waals surface area contributed by atoms with Gasteiger partial charge in [-0.2, -0.15) is 0 Å². The fourth-order valence-corrected chi connectivity index (χ4v) is 18.0. The van der Waals surface area contributed by atoms with Crippen LogP contribution in [0.4, 0.5) is 24.7 Å². The van der Waals surface area contributed by atoms with Crippen molar-refractivity contribution in [2.75, 3.05) is 14.4 Å². The normalized spacial score (nSPS) is 31.4. The Labute approximate surface area is 237 Å². The van der Waals surface area contributed by atoms with E-state index in [0.717, 1.165) is 3.57 Å². The quantitative estimate of drug-likeness (QED) is 0.130. The van der Waals surface area contributed by atoms with Crippen LogP contribution < -0.4 is 9.80 Å². The Hall–Kier alpha value is -3.52. The molecule has 12 heteroatoms. The van der Waals surface area contributed by atoms with Gasteiger partial charge in [-0.25, -0.2) is 0 Å². The Balaban J connectivity index is 1.38. The van der Waals surface area contributed by atoms with E-state index in [2.05, 4.69) is 14.5 Å². The van der Waals surface area contributed by atoms with E-state index in [0.29, 0.717) is 10.1 Å². The zero-order valence-corrected chi connectivity index (χ0v) is 24.0. The minimum atomic E-state index is -3.33. The number of hydrogen-bond donors (Lipinski definition) is 0. The number of quaternary nitrogens is 1. The summed E-state index contributed by atoms with van der Waals surface area (Å²) >= 11 is -3.33. The molecule has 3 aliphatic heterocycles. The van der Waals surface area contributed by atoms with Crippen molar-refractivity contribution in [3.8, 4) is 0 Å². The molecule has 3 aromatic rings. The number of aromatic nitrogens is 2. The molecule has 7 rings (SSSR count). The minimum absolute atomic E-state index is 0.0840. The summed E-state index contributed by atoms with van der Waals surface area (Å²) in [5, 5.41) is 0. The molecule has 4 aliphatic rings. The molecule has 1 saturated carbocycles. The summed E-state index contributed by atoms with van der Waals surface area (Å²) in [5.41, 5.74) is 0.740. The Morgan fingerprint density at radius 1 is 1.12 bits per heavy atom. The molecular weight excluding hydrogens is 650 g/mol. The van der Waals surface area contributed by atoms with Crippen LogP contribution in [0.3, 0.4) is 0 Å². The number of anilines is 2. The standard InChI is InChI=1S/C29H26F3IN5O3/c1-33-16-38(33,20-14-29(31,32)15-20)28(41)26(21-7-2-3-8-22(21)33)36(19-6-4-5-18(30)13-19)27(40)23-9-10-25(39)37(23)24-11-12-34-17-35-24/h2-8,11-13,17,20,23,26H,1,9-10,14-16H2/q+1/t23-,26-,38?/m0/s1. The third kappa shape index (κ3) is 3.75. The number of hydrogen-bond acceptors (Lipinski definition) is 5. The Morgan fingerprint density at radius 2 is 1.90 bits per heavy atom. The van der Waals surface area contributed by atoms with Crippen molar-refractivity contribution in [1.29, 1.82) is 0 Å². The van der Waals surface area contributed by atoms with Crippen LogP contribution in [-0.4, -0.2) is 57.5 Å². The monoisotopic (exact) mass is 676 g/mol. The maximum atomic E-state index is 14.7. The SMILES string of the molecule is C=I12C[N+]1(C1CC(F)(F)C1)C(=O)[C@@H](N(C(=O)[C@@H]1CCC(=O)N1c1ccncn1)c1cccc(F)c1)c1ccccc12. The number of nitrogens with zero attached hydrogens (tertiary/aromatic N) is 5. The molecule has 8 nitrogen and oxygen atoms in total. The maximum absolute atomic E-state index is 14.7. The summed E-state index contributed by atoms with van der Waals surface area (Å²) in [6, 6.07) is 11.4. The molecule has 0 N–H and O–H groups in total. The van der Waals surface area contributed by atoms with Gasteiger partial charge in [-0.1, -0.05) is 0 Å². The molecule has 41 heavy (non-hydrogen) atoms. The number of alkyl halides is 3. The van der Waals surface area contributed by atoms with E-state index in [9.17, 15) is 27.6 Å². The number of rotatable bonds is 5. The van der Waals surface area contributed by atoms with Crippen molar-refractivity contribution < 1.29 is 30.3 Å². The van der Waals surface area contributed by atoms with Crippen LogP contribution in [0.5, 0.6) is 0 Å². The van der Waals surface area contributed by atoms with Gasteiger partial charge in [0.1, 0.15) is 0 Å². The van der Waals surface area contributed by atoms with E-state index >= 15 is 0 Å². The summed E-state index contributed by atoms with van der Waals surface area (Å²) < 4.78 is 48.6. The summed E-state index contributed by atoms with van der Waals surface area (Å²) in [5.74, 6) is -4.44. The summed E-state index contributed by atoms with van der Waals surface area (Å²) in [4.78, 5) is 52.9. The van der Waals surface area contributed by atoms with Crippen molar-refractivity contribution in [2.24, 2.45) is 0 Å². The van der Waals surface area contributed by atoms with Gasteiger partial charge in [-0.15, -0.1) is 0 Å². The predicted molar refractivity (Wildman–Crippen MR) is 154 cm³/mol. The molecule has 3 fully saturated rings. The van der Waals surface area contributed by atoms with E-state index in [1.165, 1.54) is 46.6 Å². The molecule has 4 atom stereocenters. The van der Waals surface area contributed by atoms with Gasteiger partial charge in [-0.3, -0.25) is 0 Å². The number of carbonyl (C=O) groups excluding carboxylic acids is 3. The van der Waals surface area contributed by atoms with E-state index in [-0.39, 0.29) is 38.9 Å². The molecule has 4 heterocycles. The number of fused-ring (bicyclic) bond motifs is 3. The van der Waals surface area contributed by atoms with Gasteiger partial charge in [0.05, 0.1) is 0 Å². The molecule has 3 amide bonds. The van der Waals surface area contributed by atoms with Gasteiger partial charge in [0.25, 0.3) is 0 Å². The van der Waals surface area contributed by atoms with Crippen LogP contribution in [0.25, 0.3) is 0 Å². The van der Waals surface area contributed by atoms with E-state index in [4.69, 9.17) is 0 Å².